The van der Waals surface area contributed by atoms with E-state index in [1.54, 1.807) is 18.2 Å². The Labute approximate surface area is 120 Å². The number of nitrogens with one attached hydrogen (secondary N) is 2. The third-order valence-electron chi connectivity index (χ3n) is 3.08. The summed E-state index contributed by atoms with van der Waals surface area (Å²) in [5.74, 6) is -0.367. The van der Waals surface area contributed by atoms with E-state index in [9.17, 15) is 9.59 Å². The molecule has 2 N–H and O–H groups in total. The summed E-state index contributed by atoms with van der Waals surface area (Å²) in [7, 11) is 0. The van der Waals surface area contributed by atoms with E-state index in [-0.39, 0.29) is 23.5 Å². The minimum atomic E-state index is -0.367. The molecule has 1 aromatic carbocycles. The zero-order valence-electron chi connectivity index (χ0n) is 11.2. The summed E-state index contributed by atoms with van der Waals surface area (Å²) in [6.45, 7) is 1.18. The molecule has 3 rings (SSSR count). The lowest BCUT2D eigenvalue weighted by Gasteiger charge is -2.10. The highest BCUT2D eigenvalue weighted by molar-refractivity contribution is 6.02. The van der Waals surface area contributed by atoms with E-state index < -0.39 is 0 Å². The number of hydrogen-bond acceptors (Lipinski definition) is 4. The van der Waals surface area contributed by atoms with E-state index in [4.69, 9.17) is 9.47 Å². The van der Waals surface area contributed by atoms with Gasteiger partial charge in [-0.25, -0.2) is 0 Å². The largest absolute Gasteiger partial charge is 0.346 e. The third kappa shape index (κ3) is 3.18. The van der Waals surface area contributed by atoms with Crippen molar-refractivity contribution in [1.82, 2.24) is 4.98 Å². The highest BCUT2D eigenvalue weighted by Gasteiger charge is 2.17. The van der Waals surface area contributed by atoms with Gasteiger partial charge >= 0.3 is 0 Å². The number of H-pyrrole nitrogens is 1. The van der Waals surface area contributed by atoms with Crippen LogP contribution < -0.4 is 10.9 Å². The summed E-state index contributed by atoms with van der Waals surface area (Å²) in [5.41, 5.74) is 1.44. The summed E-state index contributed by atoms with van der Waals surface area (Å²) in [6.07, 6.45) is -0.333. The van der Waals surface area contributed by atoms with Gasteiger partial charge in [0.25, 0.3) is 5.91 Å². The maximum atomic E-state index is 12.0. The number of anilines is 1. The fourth-order valence-electron chi connectivity index (χ4n) is 2.05. The van der Waals surface area contributed by atoms with Crippen molar-refractivity contribution in [2.45, 2.75) is 6.29 Å². The maximum Gasteiger partial charge on any atom is 0.272 e. The zero-order valence-corrected chi connectivity index (χ0v) is 11.2. The van der Waals surface area contributed by atoms with Crippen molar-refractivity contribution < 1.29 is 14.3 Å². The van der Waals surface area contributed by atoms with E-state index in [0.29, 0.717) is 18.9 Å². The van der Waals surface area contributed by atoms with Crippen LogP contribution in [0.5, 0.6) is 0 Å². The van der Waals surface area contributed by atoms with E-state index in [2.05, 4.69) is 10.3 Å². The highest BCUT2D eigenvalue weighted by Crippen LogP contribution is 2.24. The molecule has 1 amide bonds. The first-order chi connectivity index (χ1) is 10.2. The summed E-state index contributed by atoms with van der Waals surface area (Å²) < 4.78 is 10.8. The fourth-order valence-corrected chi connectivity index (χ4v) is 2.05. The van der Waals surface area contributed by atoms with Crippen LogP contribution >= 0.6 is 0 Å². The number of carbonyl (C=O) groups excluding carboxylic acids is 1. The van der Waals surface area contributed by atoms with E-state index in [0.717, 1.165) is 5.56 Å². The predicted molar refractivity (Wildman–Crippen MR) is 76.1 cm³/mol. The van der Waals surface area contributed by atoms with Crippen LogP contribution in [0.15, 0.2) is 47.3 Å². The maximum absolute atomic E-state index is 12.0. The summed E-state index contributed by atoms with van der Waals surface area (Å²) in [4.78, 5) is 25.6. The molecular formula is C15H14N2O4. The van der Waals surface area contributed by atoms with Gasteiger partial charge in [-0.15, -0.1) is 0 Å². The van der Waals surface area contributed by atoms with Gasteiger partial charge in [0, 0.05) is 17.3 Å². The molecule has 0 atom stereocenters. The van der Waals surface area contributed by atoms with Crippen LogP contribution in [0.1, 0.15) is 22.3 Å². The van der Waals surface area contributed by atoms with Gasteiger partial charge in [-0.1, -0.05) is 18.2 Å². The first kappa shape index (κ1) is 13.5. The van der Waals surface area contributed by atoms with Crippen LogP contribution in [0.3, 0.4) is 0 Å². The van der Waals surface area contributed by atoms with Gasteiger partial charge in [0.2, 0.25) is 5.56 Å². The lowest BCUT2D eigenvalue weighted by atomic mass is 10.2. The fraction of sp³-hybridized carbons (Fsp3) is 0.200. The number of benzene rings is 1. The van der Waals surface area contributed by atoms with E-state index >= 15 is 0 Å². The Morgan fingerprint density at radius 2 is 1.81 bits per heavy atom. The molecule has 6 nitrogen and oxygen atoms in total. The van der Waals surface area contributed by atoms with Crippen molar-refractivity contribution in [3.05, 3.63) is 64.1 Å². The molecule has 1 aromatic heterocycles. The second kappa shape index (κ2) is 5.90. The number of rotatable bonds is 3. The molecular weight excluding hydrogens is 272 g/mol. The van der Waals surface area contributed by atoms with Gasteiger partial charge in [0.05, 0.1) is 13.2 Å². The minimum absolute atomic E-state index is 0.217. The van der Waals surface area contributed by atoms with Gasteiger partial charge in [0.15, 0.2) is 6.29 Å². The molecule has 2 aromatic rings. The standard InChI is InChI=1S/C15H14N2O4/c18-13-3-1-2-12(17-13)14(19)16-11-6-4-10(5-7-11)15-20-8-9-21-15/h1-7,15H,8-9H2,(H,16,19)(H,17,18). The SMILES string of the molecule is O=C(Nc1ccc(C2OCCO2)cc1)c1cccc(=O)[nH]1. The second-order valence-electron chi connectivity index (χ2n) is 4.58. The molecule has 0 saturated carbocycles. The number of ether oxygens (including phenoxy) is 2. The minimum Gasteiger partial charge on any atom is -0.346 e. The first-order valence-electron chi connectivity index (χ1n) is 6.56. The number of hydrogen-bond donors (Lipinski definition) is 2. The van der Waals surface area contributed by atoms with Crippen LogP contribution in [0, 0.1) is 0 Å². The molecule has 1 fully saturated rings. The number of pyridine rings is 1. The van der Waals surface area contributed by atoms with Crippen LogP contribution in [-0.4, -0.2) is 24.1 Å². The lowest BCUT2D eigenvalue weighted by Crippen LogP contribution is -2.17. The monoisotopic (exact) mass is 286 g/mol. The van der Waals surface area contributed by atoms with Gasteiger partial charge in [-0.05, 0) is 18.2 Å². The molecule has 0 unspecified atom stereocenters. The molecule has 0 aliphatic carbocycles. The molecule has 0 radical (unpaired) electrons. The molecule has 1 aliphatic rings. The Morgan fingerprint density at radius 1 is 1.10 bits per heavy atom. The third-order valence-corrected chi connectivity index (χ3v) is 3.08. The van der Waals surface area contributed by atoms with E-state index in [1.807, 2.05) is 12.1 Å². The van der Waals surface area contributed by atoms with E-state index in [1.165, 1.54) is 12.1 Å². The van der Waals surface area contributed by atoms with Crippen molar-refractivity contribution in [3.63, 3.8) is 0 Å². The van der Waals surface area contributed by atoms with Crippen LogP contribution in [0.4, 0.5) is 5.69 Å². The van der Waals surface area contributed by atoms with Crippen molar-refractivity contribution in [2.24, 2.45) is 0 Å². The Kier molecular flexibility index (Phi) is 3.81. The molecule has 0 spiro atoms. The average molecular weight is 286 g/mol. The van der Waals surface area contributed by atoms with Gasteiger partial charge in [-0.3, -0.25) is 9.59 Å². The summed E-state index contributed by atoms with van der Waals surface area (Å²) in [5, 5.41) is 2.71. The number of carbonyl (C=O) groups is 1. The number of aromatic nitrogens is 1. The number of amides is 1. The van der Waals surface area contributed by atoms with Gasteiger partial charge in [-0.2, -0.15) is 0 Å². The molecule has 108 valence electrons. The Morgan fingerprint density at radius 3 is 2.48 bits per heavy atom. The van der Waals surface area contributed by atoms with Crippen molar-refractivity contribution >= 4 is 11.6 Å². The first-order valence-corrected chi connectivity index (χ1v) is 6.56. The summed E-state index contributed by atoms with van der Waals surface area (Å²) >= 11 is 0. The number of aromatic amines is 1. The molecule has 21 heavy (non-hydrogen) atoms. The highest BCUT2D eigenvalue weighted by atomic mass is 16.7. The Bertz CT molecular complexity index is 687. The molecule has 0 bridgehead atoms. The topological polar surface area (TPSA) is 80.4 Å². The van der Waals surface area contributed by atoms with Crippen molar-refractivity contribution in [1.29, 1.82) is 0 Å². The summed E-state index contributed by atoms with van der Waals surface area (Å²) in [6, 6.07) is 11.6. The zero-order chi connectivity index (χ0) is 14.7. The smallest absolute Gasteiger partial charge is 0.272 e. The molecule has 6 heteroatoms. The quantitative estimate of drug-likeness (QED) is 0.899. The average Bonchev–Trinajstić information content (AvgIpc) is 3.02. The second-order valence-corrected chi connectivity index (χ2v) is 4.58. The molecule has 1 saturated heterocycles. The predicted octanol–water partition coefficient (Wildman–Crippen LogP) is 1.67. The van der Waals surface area contributed by atoms with Crippen molar-refractivity contribution in [3.8, 4) is 0 Å². The van der Waals surface area contributed by atoms with Crippen LogP contribution in [0.2, 0.25) is 0 Å². The Hall–Kier alpha value is -2.44. The van der Waals surface area contributed by atoms with Gasteiger partial charge in [0.1, 0.15) is 5.69 Å². The van der Waals surface area contributed by atoms with Crippen molar-refractivity contribution in [2.75, 3.05) is 18.5 Å². The molecule has 1 aliphatic heterocycles. The molecule has 2 heterocycles. The van der Waals surface area contributed by atoms with Crippen LogP contribution in [0.25, 0.3) is 0 Å². The lowest BCUT2D eigenvalue weighted by molar-refractivity contribution is -0.0441. The normalized spacial score (nSPS) is 15.0. The Balaban J connectivity index is 1.70. The van der Waals surface area contributed by atoms with Gasteiger partial charge < -0.3 is 19.8 Å². The van der Waals surface area contributed by atoms with Crippen LogP contribution in [-0.2, 0) is 9.47 Å².